The zero-order chi connectivity index (χ0) is 20.7. The molecule has 0 saturated carbocycles. The molecule has 0 unspecified atom stereocenters. The SMILES string of the molecule is C[C@@H](CNC(=O)Nc1ccc(CC(=O)N(C)c2ccccc2)cc1)S(N)(=O)=O. The minimum absolute atomic E-state index is 0.0540. The molecule has 1 atom stereocenters. The third-order valence-corrected chi connectivity index (χ3v) is 5.48. The van der Waals surface area contributed by atoms with E-state index in [-0.39, 0.29) is 18.9 Å². The van der Waals surface area contributed by atoms with E-state index in [0.717, 1.165) is 11.3 Å². The topological polar surface area (TPSA) is 122 Å². The molecule has 150 valence electrons. The molecular formula is C19H24N4O4S. The average Bonchev–Trinajstić information content (AvgIpc) is 2.67. The van der Waals surface area contributed by atoms with E-state index in [4.69, 9.17) is 5.14 Å². The zero-order valence-electron chi connectivity index (χ0n) is 15.8. The average molecular weight is 404 g/mol. The standard InChI is InChI=1S/C19H24N4O4S/c1-14(28(20,26)27)13-21-19(25)22-16-10-8-15(9-11-16)12-18(24)23(2)17-6-4-3-5-7-17/h3-11,14H,12-13H2,1-2H3,(H2,20,26,27)(H2,21,22,25)/t14-/m0/s1. The van der Waals surface area contributed by atoms with E-state index in [9.17, 15) is 18.0 Å². The monoisotopic (exact) mass is 404 g/mol. The van der Waals surface area contributed by atoms with Crippen molar-refractivity contribution in [3.8, 4) is 0 Å². The highest BCUT2D eigenvalue weighted by atomic mass is 32.2. The van der Waals surface area contributed by atoms with Crippen molar-refractivity contribution in [1.29, 1.82) is 0 Å². The Balaban J connectivity index is 1.87. The van der Waals surface area contributed by atoms with E-state index < -0.39 is 21.3 Å². The van der Waals surface area contributed by atoms with Crippen LogP contribution in [0.2, 0.25) is 0 Å². The van der Waals surface area contributed by atoms with Gasteiger partial charge in [-0.15, -0.1) is 0 Å². The molecule has 0 aliphatic heterocycles. The van der Waals surface area contributed by atoms with Crippen LogP contribution < -0.4 is 20.7 Å². The quantitative estimate of drug-likeness (QED) is 0.650. The highest BCUT2D eigenvalue weighted by Gasteiger charge is 2.16. The molecule has 0 aliphatic rings. The first-order valence-electron chi connectivity index (χ1n) is 8.64. The van der Waals surface area contributed by atoms with Crippen molar-refractivity contribution in [2.45, 2.75) is 18.6 Å². The smallest absolute Gasteiger partial charge is 0.319 e. The summed E-state index contributed by atoms with van der Waals surface area (Å²) in [4.78, 5) is 25.8. The molecule has 2 aromatic rings. The molecule has 9 heteroatoms. The number of amides is 3. The van der Waals surface area contributed by atoms with E-state index in [1.807, 2.05) is 30.3 Å². The minimum atomic E-state index is -3.69. The third kappa shape index (κ3) is 6.36. The van der Waals surface area contributed by atoms with Crippen LogP contribution in [-0.4, -0.2) is 39.2 Å². The highest BCUT2D eigenvalue weighted by Crippen LogP contribution is 2.15. The van der Waals surface area contributed by atoms with Gasteiger partial charge in [-0.2, -0.15) is 0 Å². The molecule has 0 aliphatic carbocycles. The van der Waals surface area contributed by atoms with E-state index in [1.54, 1.807) is 36.2 Å². The van der Waals surface area contributed by atoms with Crippen molar-refractivity contribution in [2.75, 3.05) is 23.8 Å². The molecule has 3 amide bonds. The largest absolute Gasteiger partial charge is 0.337 e. The summed E-state index contributed by atoms with van der Waals surface area (Å²) < 4.78 is 22.3. The van der Waals surface area contributed by atoms with Crippen molar-refractivity contribution in [3.63, 3.8) is 0 Å². The van der Waals surface area contributed by atoms with Crippen LogP contribution in [0.4, 0.5) is 16.2 Å². The van der Waals surface area contributed by atoms with Crippen LogP contribution in [0.15, 0.2) is 54.6 Å². The Morgan fingerprint density at radius 2 is 1.68 bits per heavy atom. The van der Waals surface area contributed by atoms with Gasteiger partial charge in [0.2, 0.25) is 15.9 Å². The third-order valence-electron chi connectivity index (χ3n) is 4.20. The number of primary sulfonamides is 1. The van der Waals surface area contributed by atoms with Gasteiger partial charge >= 0.3 is 6.03 Å². The lowest BCUT2D eigenvalue weighted by Crippen LogP contribution is -2.39. The lowest BCUT2D eigenvalue weighted by Gasteiger charge is -2.17. The normalized spacial score (nSPS) is 12.1. The molecule has 4 N–H and O–H groups in total. The lowest BCUT2D eigenvalue weighted by molar-refractivity contribution is -0.117. The summed E-state index contributed by atoms with van der Waals surface area (Å²) in [6.45, 7) is 1.32. The van der Waals surface area contributed by atoms with Gasteiger partial charge in [-0.1, -0.05) is 30.3 Å². The number of carbonyl (C=O) groups is 2. The molecule has 0 saturated heterocycles. The number of hydrogen-bond donors (Lipinski definition) is 3. The van der Waals surface area contributed by atoms with Gasteiger partial charge in [-0.25, -0.2) is 18.4 Å². The number of sulfonamides is 1. The van der Waals surface area contributed by atoms with E-state index in [1.165, 1.54) is 6.92 Å². The summed E-state index contributed by atoms with van der Waals surface area (Å²) in [5, 5.41) is 9.16. The number of hydrogen-bond acceptors (Lipinski definition) is 4. The highest BCUT2D eigenvalue weighted by molar-refractivity contribution is 7.89. The first kappa shape index (κ1) is 21.4. The predicted octanol–water partition coefficient (Wildman–Crippen LogP) is 1.69. The maximum absolute atomic E-state index is 12.4. The number of nitrogens with one attached hydrogen (secondary N) is 2. The summed E-state index contributed by atoms with van der Waals surface area (Å²) >= 11 is 0. The fourth-order valence-electron chi connectivity index (χ4n) is 2.32. The molecule has 0 bridgehead atoms. The van der Waals surface area contributed by atoms with Crippen molar-refractivity contribution in [1.82, 2.24) is 5.32 Å². The zero-order valence-corrected chi connectivity index (χ0v) is 16.6. The Hall–Kier alpha value is -2.91. The van der Waals surface area contributed by atoms with Crippen molar-refractivity contribution < 1.29 is 18.0 Å². The second-order valence-electron chi connectivity index (χ2n) is 6.40. The summed E-state index contributed by atoms with van der Waals surface area (Å²) in [6, 6.07) is 15.7. The Labute approximate surface area is 164 Å². The molecule has 0 heterocycles. The number of rotatable bonds is 7. The minimum Gasteiger partial charge on any atom is -0.337 e. The molecule has 0 fully saturated rings. The van der Waals surface area contributed by atoms with Gasteiger partial charge < -0.3 is 15.5 Å². The van der Waals surface area contributed by atoms with Crippen LogP contribution >= 0.6 is 0 Å². The number of anilines is 2. The van der Waals surface area contributed by atoms with Crippen molar-refractivity contribution in [2.24, 2.45) is 5.14 Å². The second kappa shape index (κ2) is 9.34. The fourth-order valence-corrected chi connectivity index (χ4v) is 2.64. The number of nitrogens with zero attached hydrogens (tertiary/aromatic N) is 1. The van der Waals surface area contributed by atoms with E-state index in [2.05, 4.69) is 10.6 Å². The van der Waals surface area contributed by atoms with Gasteiger partial charge in [-0.3, -0.25) is 4.79 Å². The van der Waals surface area contributed by atoms with Crippen LogP contribution in [0, 0.1) is 0 Å². The summed E-state index contributed by atoms with van der Waals surface area (Å²) in [7, 11) is -1.97. The predicted molar refractivity (Wildman–Crippen MR) is 110 cm³/mol. The summed E-state index contributed by atoms with van der Waals surface area (Å²) in [5.74, 6) is -0.0540. The van der Waals surface area contributed by atoms with E-state index in [0.29, 0.717) is 5.69 Å². The Morgan fingerprint density at radius 1 is 1.07 bits per heavy atom. The van der Waals surface area contributed by atoms with Crippen LogP contribution in [-0.2, 0) is 21.2 Å². The second-order valence-corrected chi connectivity index (χ2v) is 8.38. The number of urea groups is 1. The molecule has 2 aromatic carbocycles. The number of nitrogens with two attached hydrogens (primary N) is 1. The van der Waals surface area contributed by atoms with Gasteiger partial charge in [0, 0.05) is 25.0 Å². The number of carbonyl (C=O) groups excluding carboxylic acids is 2. The van der Waals surface area contributed by atoms with Gasteiger partial charge in [0.1, 0.15) is 0 Å². The van der Waals surface area contributed by atoms with Crippen LogP contribution in [0.1, 0.15) is 12.5 Å². The van der Waals surface area contributed by atoms with Crippen LogP contribution in [0.5, 0.6) is 0 Å². The van der Waals surface area contributed by atoms with Crippen LogP contribution in [0.3, 0.4) is 0 Å². The van der Waals surface area contributed by atoms with Crippen molar-refractivity contribution >= 4 is 33.3 Å². The lowest BCUT2D eigenvalue weighted by atomic mass is 10.1. The van der Waals surface area contributed by atoms with E-state index >= 15 is 0 Å². The number of likely N-dealkylation sites (N-methyl/N-ethyl adjacent to an activating group) is 1. The molecule has 28 heavy (non-hydrogen) atoms. The van der Waals surface area contributed by atoms with Gasteiger partial charge in [-0.05, 0) is 36.8 Å². The van der Waals surface area contributed by atoms with Crippen molar-refractivity contribution in [3.05, 3.63) is 60.2 Å². The molecule has 8 nitrogen and oxygen atoms in total. The number of para-hydroxylation sites is 1. The van der Waals surface area contributed by atoms with Gasteiger partial charge in [0.05, 0.1) is 11.7 Å². The maximum Gasteiger partial charge on any atom is 0.319 e. The van der Waals surface area contributed by atoms with Gasteiger partial charge in [0.15, 0.2) is 0 Å². The first-order chi connectivity index (χ1) is 13.2. The Bertz CT molecular complexity index is 915. The molecule has 0 spiro atoms. The maximum atomic E-state index is 12.4. The Morgan fingerprint density at radius 3 is 2.25 bits per heavy atom. The number of benzene rings is 2. The molecule has 0 radical (unpaired) electrons. The molecule has 2 rings (SSSR count). The fraction of sp³-hybridized carbons (Fsp3) is 0.263. The van der Waals surface area contributed by atoms with Crippen LogP contribution in [0.25, 0.3) is 0 Å². The van der Waals surface area contributed by atoms with Gasteiger partial charge in [0.25, 0.3) is 0 Å². The Kier molecular flexibility index (Phi) is 7.13. The first-order valence-corrected chi connectivity index (χ1v) is 10.2. The summed E-state index contributed by atoms with van der Waals surface area (Å²) in [6.07, 6.45) is 0.226. The summed E-state index contributed by atoms with van der Waals surface area (Å²) in [5.41, 5.74) is 2.14. The molecular weight excluding hydrogens is 380 g/mol. The molecule has 0 aromatic heterocycles.